The third-order valence-electron chi connectivity index (χ3n) is 3.91. The quantitative estimate of drug-likeness (QED) is 0.833. The Morgan fingerprint density at radius 2 is 2.05 bits per heavy atom. The smallest absolute Gasteiger partial charge is 0.124 e. The summed E-state index contributed by atoms with van der Waals surface area (Å²) in [4.78, 5) is 2.04. The molecule has 21 heavy (non-hydrogen) atoms. The van der Waals surface area contributed by atoms with Gasteiger partial charge in [0.05, 0.1) is 5.60 Å². The molecule has 0 aliphatic heterocycles. The second kappa shape index (κ2) is 7.04. The third-order valence-corrected chi connectivity index (χ3v) is 3.91. The van der Waals surface area contributed by atoms with Crippen molar-refractivity contribution >= 4 is 0 Å². The molecule has 1 aromatic rings. The predicted molar refractivity (Wildman–Crippen MR) is 80.1 cm³/mol. The minimum Gasteiger partial charge on any atom is -0.389 e. The lowest BCUT2D eigenvalue weighted by Crippen LogP contribution is -2.38. The van der Waals surface area contributed by atoms with Crippen LogP contribution in [0.15, 0.2) is 18.2 Å². The van der Waals surface area contributed by atoms with Crippen molar-refractivity contribution in [2.24, 2.45) is 0 Å². The Morgan fingerprint density at radius 1 is 1.33 bits per heavy atom. The molecule has 2 rings (SSSR count). The second-order valence-electron chi connectivity index (χ2n) is 5.87. The van der Waals surface area contributed by atoms with E-state index in [1.165, 1.54) is 12.1 Å². The standard InChI is InChI=1S/C17H22FNO2/c1-19(13-17(21)8-2-3-9-17)12-15-6-7-16(18)11-14(15)5-4-10-20/h6-7,11,20-21H,2-3,8-10,12-13H2,1H3. The average molecular weight is 291 g/mol. The summed E-state index contributed by atoms with van der Waals surface area (Å²) < 4.78 is 13.3. The van der Waals surface area contributed by atoms with Gasteiger partial charge >= 0.3 is 0 Å². The van der Waals surface area contributed by atoms with E-state index in [1.807, 2.05) is 11.9 Å². The van der Waals surface area contributed by atoms with Crippen molar-refractivity contribution in [3.05, 3.63) is 35.1 Å². The van der Waals surface area contributed by atoms with Crippen LogP contribution in [0.4, 0.5) is 4.39 Å². The van der Waals surface area contributed by atoms with Gasteiger partial charge in [0.25, 0.3) is 0 Å². The van der Waals surface area contributed by atoms with Crippen molar-refractivity contribution in [2.75, 3.05) is 20.2 Å². The normalized spacial score (nSPS) is 16.8. The molecule has 0 bridgehead atoms. The lowest BCUT2D eigenvalue weighted by molar-refractivity contribution is 0.0145. The largest absolute Gasteiger partial charge is 0.389 e. The summed E-state index contributed by atoms with van der Waals surface area (Å²) in [6.07, 6.45) is 3.85. The molecule has 0 saturated heterocycles. The highest BCUT2D eigenvalue weighted by atomic mass is 19.1. The summed E-state index contributed by atoms with van der Waals surface area (Å²) in [6.45, 7) is 0.959. The van der Waals surface area contributed by atoms with Gasteiger partial charge in [-0.2, -0.15) is 0 Å². The van der Waals surface area contributed by atoms with Crippen molar-refractivity contribution in [2.45, 2.75) is 37.8 Å². The highest BCUT2D eigenvalue weighted by Gasteiger charge is 2.32. The summed E-state index contributed by atoms with van der Waals surface area (Å²) in [7, 11) is 1.95. The van der Waals surface area contributed by atoms with E-state index in [0.29, 0.717) is 18.7 Å². The molecule has 1 fully saturated rings. The van der Waals surface area contributed by atoms with Crippen LogP contribution in [0.5, 0.6) is 0 Å². The Labute approximate surface area is 125 Å². The first-order chi connectivity index (χ1) is 10.0. The Hall–Kier alpha value is -1.41. The topological polar surface area (TPSA) is 43.7 Å². The van der Waals surface area contributed by atoms with Crippen LogP contribution in [0.2, 0.25) is 0 Å². The average Bonchev–Trinajstić information content (AvgIpc) is 2.85. The number of halogens is 1. The molecular formula is C17H22FNO2. The molecular weight excluding hydrogens is 269 g/mol. The number of likely N-dealkylation sites (N-methyl/N-ethyl adjacent to an activating group) is 1. The van der Waals surface area contributed by atoms with Gasteiger partial charge in [0, 0.05) is 18.7 Å². The molecule has 4 heteroatoms. The monoisotopic (exact) mass is 291 g/mol. The summed E-state index contributed by atoms with van der Waals surface area (Å²) in [6, 6.07) is 4.51. The van der Waals surface area contributed by atoms with Gasteiger partial charge in [0.15, 0.2) is 0 Å². The van der Waals surface area contributed by atoms with Crippen LogP contribution < -0.4 is 0 Å². The number of benzene rings is 1. The molecule has 2 N–H and O–H groups in total. The number of hydrogen-bond acceptors (Lipinski definition) is 3. The van der Waals surface area contributed by atoms with Crippen molar-refractivity contribution in [1.82, 2.24) is 4.90 Å². The maximum Gasteiger partial charge on any atom is 0.124 e. The van der Waals surface area contributed by atoms with Gasteiger partial charge < -0.3 is 10.2 Å². The summed E-state index contributed by atoms with van der Waals surface area (Å²) >= 11 is 0. The summed E-state index contributed by atoms with van der Waals surface area (Å²) in [5.41, 5.74) is 0.905. The van der Waals surface area contributed by atoms with E-state index < -0.39 is 5.60 Å². The molecule has 1 saturated carbocycles. The molecule has 1 aliphatic rings. The fraction of sp³-hybridized carbons (Fsp3) is 0.529. The lowest BCUT2D eigenvalue weighted by atomic mass is 10.0. The molecule has 0 spiro atoms. The number of nitrogens with zero attached hydrogens (tertiary/aromatic N) is 1. The van der Waals surface area contributed by atoms with E-state index >= 15 is 0 Å². The Balaban J connectivity index is 2.07. The molecule has 0 heterocycles. The molecule has 1 aromatic carbocycles. The van der Waals surface area contributed by atoms with E-state index in [0.717, 1.165) is 31.2 Å². The highest BCUT2D eigenvalue weighted by molar-refractivity contribution is 5.41. The van der Waals surface area contributed by atoms with E-state index in [-0.39, 0.29) is 12.4 Å². The fourth-order valence-corrected chi connectivity index (χ4v) is 2.98. The van der Waals surface area contributed by atoms with Gasteiger partial charge in [-0.3, -0.25) is 4.90 Å². The van der Waals surface area contributed by atoms with E-state index in [9.17, 15) is 9.50 Å². The number of aliphatic hydroxyl groups excluding tert-OH is 1. The third kappa shape index (κ3) is 4.53. The Kier molecular flexibility index (Phi) is 5.35. The number of aliphatic hydroxyl groups is 2. The van der Waals surface area contributed by atoms with Crippen LogP contribution in [0.1, 0.15) is 36.8 Å². The SMILES string of the molecule is CN(Cc1ccc(F)cc1C#CCO)CC1(O)CCCC1. The minimum absolute atomic E-state index is 0.245. The first-order valence-corrected chi connectivity index (χ1v) is 7.31. The van der Waals surface area contributed by atoms with Crippen LogP contribution in [0.3, 0.4) is 0 Å². The van der Waals surface area contributed by atoms with E-state index in [2.05, 4.69) is 11.8 Å². The second-order valence-corrected chi connectivity index (χ2v) is 5.87. The first-order valence-electron chi connectivity index (χ1n) is 7.31. The Morgan fingerprint density at radius 3 is 2.71 bits per heavy atom. The van der Waals surface area contributed by atoms with Gasteiger partial charge in [0.2, 0.25) is 0 Å². The van der Waals surface area contributed by atoms with E-state index in [4.69, 9.17) is 5.11 Å². The van der Waals surface area contributed by atoms with Crippen LogP contribution in [-0.2, 0) is 6.54 Å². The minimum atomic E-state index is -0.592. The molecule has 0 amide bonds. The zero-order chi connectivity index (χ0) is 15.3. The van der Waals surface area contributed by atoms with Gasteiger partial charge in [0.1, 0.15) is 12.4 Å². The molecule has 3 nitrogen and oxygen atoms in total. The van der Waals surface area contributed by atoms with Crippen molar-refractivity contribution in [3.63, 3.8) is 0 Å². The lowest BCUT2D eigenvalue weighted by Gasteiger charge is -2.28. The summed E-state index contributed by atoms with van der Waals surface area (Å²) in [5, 5.41) is 19.2. The highest BCUT2D eigenvalue weighted by Crippen LogP contribution is 2.30. The zero-order valence-electron chi connectivity index (χ0n) is 12.4. The molecule has 0 radical (unpaired) electrons. The zero-order valence-corrected chi connectivity index (χ0v) is 12.4. The van der Waals surface area contributed by atoms with Crippen LogP contribution in [0, 0.1) is 17.7 Å². The van der Waals surface area contributed by atoms with Crippen LogP contribution in [0.25, 0.3) is 0 Å². The maximum absolute atomic E-state index is 13.3. The van der Waals surface area contributed by atoms with Crippen LogP contribution in [-0.4, -0.2) is 40.9 Å². The van der Waals surface area contributed by atoms with Gasteiger partial charge in [-0.1, -0.05) is 30.7 Å². The van der Waals surface area contributed by atoms with E-state index in [1.54, 1.807) is 6.07 Å². The van der Waals surface area contributed by atoms with Crippen molar-refractivity contribution in [3.8, 4) is 11.8 Å². The number of rotatable bonds is 4. The summed E-state index contributed by atoms with van der Waals surface area (Å²) in [5.74, 6) is 5.00. The molecule has 0 unspecified atom stereocenters. The number of hydrogen-bond donors (Lipinski definition) is 2. The molecule has 1 aliphatic carbocycles. The van der Waals surface area contributed by atoms with Gasteiger partial charge in [-0.15, -0.1) is 0 Å². The van der Waals surface area contributed by atoms with Crippen molar-refractivity contribution < 1.29 is 14.6 Å². The maximum atomic E-state index is 13.3. The fourth-order valence-electron chi connectivity index (χ4n) is 2.98. The van der Waals surface area contributed by atoms with Crippen molar-refractivity contribution in [1.29, 1.82) is 0 Å². The Bertz CT molecular complexity index is 541. The predicted octanol–water partition coefficient (Wildman–Crippen LogP) is 1.91. The molecule has 0 aromatic heterocycles. The first kappa shape index (κ1) is 16.0. The van der Waals surface area contributed by atoms with Crippen LogP contribution >= 0.6 is 0 Å². The van der Waals surface area contributed by atoms with Gasteiger partial charge in [-0.05, 0) is 37.6 Å². The molecule has 0 atom stereocenters. The molecule has 114 valence electrons. The van der Waals surface area contributed by atoms with Gasteiger partial charge in [-0.25, -0.2) is 4.39 Å².